The van der Waals surface area contributed by atoms with Gasteiger partial charge in [0.25, 0.3) is 0 Å². The molecule has 3 N–H and O–H groups in total. The third-order valence-corrected chi connectivity index (χ3v) is 4.08. The highest BCUT2D eigenvalue weighted by Crippen LogP contribution is 2.15. The first-order valence-electron chi connectivity index (χ1n) is 6.41. The Morgan fingerprint density at radius 1 is 1.30 bits per heavy atom. The van der Waals surface area contributed by atoms with E-state index in [0.717, 1.165) is 6.42 Å². The Morgan fingerprint density at radius 3 is 2.40 bits per heavy atom. The minimum Gasteiger partial charge on any atom is -0.389 e. The molecule has 6 nitrogen and oxygen atoms in total. The number of hydrogen-bond acceptors (Lipinski definition) is 4. The molecule has 0 radical (unpaired) electrons. The number of aliphatic hydroxyl groups excluding tert-OH is 1. The first kappa shape index (κ1) is 16.6. The second kappa shape index (κ2) is 7.37. The van der Waals surface area contributed by atoms with Crippen LogP contribution in [0.1, 0.15) is 31.9 Å². The number of amides is 1. The van der Waals surface area contributed by atoms with E-state index in [4.69, 9.17) is 0 Å². The van der Waals surface area contributed by atoms with Crippen LogP contribution in [0.25, 0.3) is 0 Å². The number of nitrogens with one attached hydrogen (secondary N) is 2. The molecule has 0 aliphatic heterocycles. The molecule has 1 unspecified atom stereocenters. The molecule has 1 rings (SSSR count). The number of rotatable bonds is 7. The zero-order valence-electron chi connectivity index (χ0n) is 11.6. The van der Waals surface area contributed by atoms with Gasteiger partial charge in [-0.05, 0) is 31.0 Å². The average molecular weight is 300 g/mol. The second-order valence-corrected chi connectivity index (χ2v) is 6.19. The zero-order valence-corrected chi connectivity index (χ0v) is 12.4. The van der Waals surface area contributed by atoms with Crippen molar-refractivity contribution in [2.45, 2.75) is 31.3 Å². The van der Waals surface area contributed by atoms with Crippen LogP contribution in [0, 0.1) is 0 Å². The van der Waals surface area contributed by atoms with Gasteiger partial charge in [0.2, 0.25) is 15.9 Å². The summed E-state index contributed by atoms with van der Waals surface area (Å²) in [6.45, 7) is 3.73. The van der Waals surface area contributed by atoms with E-state index in [2.05, 4.69) is 10.0 Å². The van der Waals surface area contributed by atoms with Gasteiger partial charge in [-0.1, -0.05) is 19.1 Å². The molecule has 1 aromatic rings. The predicted octanol–water partition coefficient (Wildman–Crippen LogP) is 0.544. The first-order valence-corrected chi connectivity index (χ1v) is 7.89. The largest absolute Gasteiger partial charge is 0.389 e. The third kappa shape index (κ3) is 4.92. The summed E-state index contributed by atoms with van der Waals surface area (Å²) in [4.78, 5) is 11.4. The summed E-state index contributed by atoms with van der Waals surface area (Å²) in [7, 11) is -3.72. The van der Waals surface area contributed by atoms with E-state index in [1.807, 2.05) is 6.92 Å². The fourth-order valence-corrected chi connectivity index (χ4v) is 2.48. The van der Waals surface area contributed by atoms with Gasteiger partial charge in [0.1, 0.15) is 0 Å². The molecule has 0 aliphatic carbocycles. The molecule has 7 heteroatoms. The average Bonchev–Trinajstić information content (AvgIpc) is 2.43. The topological polar surface area (TPSA) is 95.5 Å². The number of carbonyl (C=O) groups excluding carboxylic acids is 1. The smallest absolute Gasteiger partial charge is 0.241 e. The van der Waals surface area contributed by atoms with Crippen molar-refractivity contribution in [3.05, 3.63) is 29.8 Å². The van der Waals surface area contributed by atoms with Crippen LogP contribution < -0.4 is 10.0 Å². The van der Waals surface area contributed by atoms with Crippen LogP contribution in [-0.4, -0.2) is 32.5 Å². The normalized spacial score (nSPS) is 12.9. The lowest BCUT2D eigenvalue weighted by Gasteiger charge is -2.09. The fourth-order valence-electron chi connectivity index (χ4n) is 1.50. The van der Waals surface area contributed by atoms with Gasteiger partial charge in [-0.25, -0.2) is 13.1 Å². The molecule has 20 heavy (non-hydrogen) atoms. The second-order valence-electron chi connectivity index (χ2n) is 4.42. The first-order chi connectivity index (χ1) is 9.36. The minimum atomic E-state index is -3.72. The maximum absolute atomic E-state index is 11.9. The number of benzene rings is 1. The highest BCUT2D eigenvalue weighted by Gasteiger charge is 2.15. The van der Waals surface area contributed by atoms with Crippen LogP contribution in [0.4, 0.5) is 0 Å². The van der Waals surface area contributed by atoms with Crippen LogP contribution in [0.5, 0.6) is 0 Å². The Kier molecular flexibility index (Phi) is 6.12. The highest BCUT2D eigenvalue weighted by atomic mass is 32.2. The summed E-state index contributed by atoms with van der Waals surface area (Å²) in [6, 6.07) is 5.87. The van der Waals surface area contributed by atoms with Crippen LogP contribution >= 0.6 is 0 Å². The molecule has 0 saturated carbocycles. The summed E-state index contributed by atoms with van der Waals surface area (Å²) in [6.07, 6.45) is 0.138. The van der Waals surface area contributed by atoms with Crippen molar-refractivity contribution in [1.29, 1.82) is 0 Å². The van der Waals surface area contributed by atoms with E-state index < -0.39 is 16.1 Å². The van der Waals surface area contributed by atoms with Crippen LogP contribution in [0.2, 0.25) is 0 Å². The Hall–Kier alpha value is -1.44. The third-order valence-electron chi connectivity index (χ3n) is 2.67. The maximum Gasteiger partial charge on any atom is 0.241 e. The monoisotopic (exact) mass is 300 g/mol. The van der Waals surface area contributed by atoms with Gasteiger partial charge >= 0.3 is 0 Å². The van der Waals surface area contributed by atoms with E-state index >= 15 is 0 Å². The summed E-state index contributed by atoms with van der Waals surface area (Å²) in [5, 5.41) is 11.9. The number of sulfonamides is 1. The lowest BCUT2D eigenvalue weighted by atomic mass is 10.1. The minimum absolute atomic E-state index is 0.0604. The van der Waals surface area contributed by atoms with Crippen molar-refractivity contribution >= 4 is 15.9 Å². The van der Waals surface area contributed by atoms with Crippen molar-refractivity contribution < 1.29 is 18.3 Å². The van der Waals surface area contributed by atoms with Crippen molar-refractivity contribution in [2.75, 3.05) is 13.1 Å². The van der Waals surface area contributed by atoms with Gasteiger partial charge in [-0.2, -0.15) is 0 Å². The maximum atomic E-state index is 11.9. The molecular formula is C13H20N2O4S. The summed E-state index contributed by atoms with van der Waals surface area (Å²) in [5.74, 6) is -0.365. The van der Waals surface area contributed by atoms with Crippen molar-refractivity contribution in [3.8, 4) is 0 Å². The fraction of sp³-hybridized carbons (Fsp3) is 0.462. The SMILES string of the molecule is CCCNC(=O)CNS(=O)(=O)c1ccc(C(C)O)cc1. The van der Waals surface area contributed by atoms with E-state index in [9.17, 15) is 18.3 Å². The van der Waals surface area contributed by atoms with Gasteiger partial charge in [0.05, 0.1) is 17.5 Å². The Labute approximate surface area is 119 Å². The molecule has 0 fully saturated rings. The molecule has 0 heterocycles. The molecule has 1 aromatic carbocycles. The van der Waals surface area contributed by atoms with Gasteiger partial charge < -0.3 is 10.4 Å². The van der Waals surface area contributed by atoms with Crippen molar-refractivity contribution in [3.63, 3.8) is 0 Å². The Bertz CT molecular complexity index is 538. The predicted molar refractivity (Wildman–Crippen MR) is 75.6 cm³/mol. The van der Waals surface area contributed by atoms with Gasteiger partial charge in [0.15, 0.2) is 0 Å². The van der Waals surface area contributed by atoms with Gasteiger partial charge in [-0.3, -0.25) is 4.79 Å². The molecule has 1 amide bonds. The lowest BCUT2D eigenvalue weighted by Crippen LogP contribution is -2.37. The van der Waals surface area contributed by atoms with Crippen LogP contribution in [0.3, 0.4) is 0 Å². The summed E-state index contributed by atoms with van der Waals surface area (Å²) >= 11 is 0. The zero-order chi connectivity index (χ0) is 15.2. The number of aliphatic hydroxyl groups is 1. The Balaban J connectivity index is 2.66. The molecule has 0 aliphatic rings. The Morgan fingerprint density at radius 2 is 1.90 bits per heavy atom. The van der Waals surface area contributed by atoms with Crippen LogP contribution in [-0.2, 0) is 14.8 Å². The van der Waals surface area contributed by atoms with Crippen molar-refractivity contribution in [2.24, 2.45) is 0 Å². The van der Waals surface area contributed by atoms with Crippen LogP contribution in [0.15, 0.2) is 29.2 Å². The number of carbonyl (C=O) groups is 1. The van der Waals surface area contributed by atoms with E-state index in [1.165, 1.54) is 24.3 Å². The van der Waals surface area contributed by atoms with Crippen molar-refractivity contribution in [1.82, 2.24) is 10.0 Å². The van der Waals surface area contributed by atoms with Gasteiger partial charge in [0, 0.05) is 6.54 Å². The van der Waals surface area contributed by atoms with E-state index in [-0.39, 0.29) is 17.3 Å². The van der Waals surface area contributed by atoms with E-state index in [0.29, 0.717) is 12.1 Å². The quantitative estimate of drug-likeness (QED) is 0.685. The molecule has 112 valence electrons. The summed E-state index contributed by atoms with van der Waals surface area (Å²) < 4.78 is 26.1. The molecule has 1 atom stereocenters. The molecular weight excluding hydrogens is 280 g/mol. The molecule has 0 spiro atoms. The molecule has 0 bridgehead atoms. The molecule has 0 saturated heterocycles. The molecule has 0 aromatic heterocycles. The van der Waals surface area contributed by atoms with Gasteiger partial charge in [-0.15, -0.1) is 0 Å². The standard InChI is InChI=1S/C13H20N2O4S/c1-3-8-14-13(17)9-15-20(18,19)12-6-4-11(5-7-12)10(2)16/h4-7,10,15-16H,3,8-9H2,1-2H3,(H,14,17). The summed E-state index contributed by atoms with van der Waals surface area (Å²) in [5.41, 5.74) is 0.629. The highest BCUT2D eigenvalue weighted by molar-refractivity contribution is 7.89. The number of hydrogen-bond donors (Lipinski definition) is 3. The van der Waals surface area contributed by atoms with E-state index in [1.54, 1.807) is 6.92 Å². The lowest BCUT2D eigenvalue weighted by molar-refractivity contribution is -0.119.